The maximum Gasteiger partial charge on any atom is 0.141 e. The Morgan fingerprint density at radius 2 is 1.75 bits per heavy atom. The van der Waals surface area contributed by atoms with Crippen LogP contribution >= 0.6 is 12.4 Å². The van der Waals surface area contributed by atoms with Crippen LogP contribution < -0.4 is 10.1 Å². The molecule has 1 heterocycles. The Hall–Kier alpha value is -2.50. The lowest BCUT2D eigenvalue weighted by Crippen LogP contribution is -2.15. The van der Waals surface area contributed by atoms with Crippen LogP contribution in [0, 0.1) is 5.92 Å². The molecule has 1 aliphatic carbocycles. The van der Waals surface area contributed by atoms with E-state index in [1.54, 1.807) is 12.3 Å². The number of ether oxygens (including phenoxy) is 1. The first-order valence-electron chi connectivity index (χ1n) is 9.36. The van der Waals surface area contributed by atoms with Crippen LogP contribution in [0.4, 0.5) is 11.4 Å². The summed E-state index contributed by atoms with van der Waals surface area (Å²) in [7, 11) is 0. The molecule has 1 saturated carbocycles. The van der Waals surface area contributed by atoms with Crippen molar-refractivity contribution in [1.82, 2.24) is 4.98 Å². The molecule has 0 aliphatic heterocycles. The minimum absolute atomic E-state index is 0. The van der Waals surface area contributed by atoms with Gasteiger partial charge in [0, 0.05) is 23.0 Å². The van der Waals surface area contributed by atoms with Crippen LogP contribution in [0.25, 0.3) is 10.9 Å². The molecule has 0 atom stereocenters. The van der Waals surface area contributed by atoms with Gasteiger partial charge in [0.2, 0.25) is 0 Å². The minimum atomic E-state index is 0. The number of pyridine rings is 1. The Balaban J connectivity index is 0.00000140. The van der Waals surface area contributed by atoms with E-state index in [0.29, 0.717) is 11.4 Å². The standard InChI is InChI=1S/C22H24N2O2.ClH.H2O/c25-21-8-4-7-19-20(13-14-23-22(19)21)24-17-9-11-18(12-10-17)26-15-16-5-2-1-3-6-16;;/h4,7-14,16,25H,1-3,5-6,15H2,(H,23,24);1H;1H2. The lowest BCUT2D eigenvalue weighted by molar-refractivity contribution is 0.209. The van der Waals surface area contributed by atoms with Gasteiger partial charge in [-0.25, -0.2) is 0 Å². The Bertz CT molecular complexity index is 881. The Morgan fingerprint density at radius 3 is 2.50 bits per heavy atom. The predicted octanol–water partition coefficient (Wildman–Crippen LogP) is 5.24. The molecule has 0 saturated heterocycles. The second-order valence-electron chi connectivity index (χ2n) is 7.00. The Labute approximate surface area is 171 Å². The molecule has 0 amide bonds. The third kappa shape index (κ3) is 5.06. The number of fused-ring (bicyclic) bond motifs is 1. The van der Waals surface area contributed by atoms with Crippen molar-refractivity contribution in [3.63, 3.8) is 0 Å². The van der Waals surface area contributed by atoms with E-state index in [1.165, 1.54) is 32.1 Å². The summed E-state index contributed by atoms with van der Waals surface area (Å²) in [6.07, 6.45) is 8.34. The van der Waals surface area contributed by atoms with Crippen LogP contribution in [-0.4, -0.2) is 22.2 Å². The normalized spacial score (nSPS) is 14.0. The zero-order chi connectivity index (χ0) is 17.8. The fourth-order valence-corrected chi connectivity index (χ4v) is 3.63. The van der Waals surface area contributed by atoms with Crippen molar-refractivity contribution in [2.75, 3.05) is 11.9 Å². The fraction of sp³-hybridized carbons (Fsp3) is 0.318. The van der Waals surface area contributed by atoms with Crippen molar-refractivity contribution in [3.05, 3.63) is 54.7 Å². The summed E-state index contributed by atoms with van der Waals surface area (Å²) in [4.78, 5) is 4.26. The van der Waals surface area contributed by atoms with Crippen molar-refractivity contribution in [2.45, 2.75) is 32.1 Å². The average Bonchev–Trinajstić information content (AvgIpc) is 2.69. The molecule has 0 unspecified atom stereocenters. The van der Waals surface area contributed by atoms with Crippen molar-refractivity contribution in [1.29, 1.82) is 0 Å². The number of halogens is 1. The van der Waals surface area contributed by atoms with Crippen LogP contribution in [0.5, 0.6) is 11.5 Å². The molecule has 1 aliphatic rings. The van der Waals surface area contributed by atoms with E-state index in [0.717, 1.165) is 29.1 Å². The Morgan fingerprint density at radius 1 is 1.00 bits per heavy atom. The molecule has 5 nitrogen and oxygen atoms in total. The van der Waals surface area contributed by atoms with Gasteiger partial charge >= 0.3 is 0 Å². The minimum Gasteiger partial charge on any atom is -0.506 e. The van der Waals surface area contributed by atoms with E-state index in [4.69, 9.17) is 4.74 Å². The second-order valence-corrected chi connectivity index (χ2v) is 7.00. The predicted molar refractivity (Wildman–Crippen MR) is 116 cm³/mol. The number of nitrogens with zero attached hydrogens (tertiary/aromatic N) is 1. The van der Waals surface area contributed by atoms with Crippen molar-refractivity contribution in [2.24, 2.45) is 5.92 Å². The molecule has 0 radical (unpaired) electrons. The second kappa shape index (κ2) is 10.2. The number of nitrogens with one attached hydrogen (secondary N) is 1. The number of benzene rings is 2. The number of aromatic nitrogens is 1. The molecule has 28 heavy (non-hydrogen) atoms. The van der Waals surface area contributed by atoms with E-state index < -0.39 is 0 Å². The van der Waals surface area contributed by atoms with Crippen molar-refractivity contribution < 1.29 is 15.3 Å². The van der Waals surface area contributed by atoms with Gasteiger partial charge < -0.3 is 20.6 Å². The maximum atomic E-state index is 9.96. The molecular weight excluding hydrogens is 376 g/mol. The van der Waals surface area contributed by atoms with Gasteiger partial charge in [-0.1, -0.05) is 31.4 Å². The van der Waals surface area contributed by atoms with Gasteiger partial charge in [0.1, 0.15) is 17.0 Å². The maximum absolute atomic E-state index is 9.96. The smallest absolute Gasteiger partial charge is 0.141 e. The number of hydrogen-bond acceptors (Lipinski definition) is 4. The molecule has 1 fully saturated rings. The number of phenolic OH excluding ortho intramolecular Hbond substituents is 1. The molecule has 4 rings (SSSR count). The lowest BCUT2D eigenvalue weighted by atomic mass is 9.90. The summed E-state index contributed by atoms with van der Waals surface area (Å²) in [5.74, 6) is 1.81. The van der Waals surface area contributed by atoms with E-state index in [2.05, 4.69) is 10.3 Å². The highest BCUT2D eigenvalue weighted by Crippen LogP contribution is 2.30. The van der Waals surface area contributed by atoms with Crippen molar-refractivity contribution in [3.8, 4) is 11.5 Å². The molecular formula is C22H27ClN2O3. The van der Waals surface area contributed by atoms with E-state index >= 15 is 0 Å². The number of aromatic hydroxyl groups is 1. The highest BCUT2D eigenvalue weighted by Gasteiger charge is 2.14. The van der Waals surface area contributed by atoms with Gasteiger partial charge in [-0.2, -0.15) is 0 Å². The highest BCUT2D eigenvalue weighted by atomic mass is 35.5. The number of rotatable bonds is 5. The van der Waals surface area contributed by atoms with Crippen molar-refractivity contribution >= 4 is 34.7 Å². The average molecular weight is 403 g/mol. The topological polar surface area (TPSA) is 85.9 Å². The third-order valence-electron chi connectivity index (χ3n) is 5.09. The molecule has 1 aromatic heterocycles. The zero-order valence-electron chi connectivity index (χ0n) is 15.7. The van der Waals surface area contributed by atoms with Gasteiger partial charge in [-0.05, 0) is 55.2 Å². The summed E-state index contributed by atoms with van der Waals surface area (Å²) >= 11 is 0. The number of phenols is 1. The zero-order valence-corrected chi connectivity index (χ0v) is 16.5. The molecule has 3 aromatic rings. The molecule has 4 N–H and O–H groups in total. The van der Waals surface area contributed by atoms with Crippen LogP contribution in [-0.2, 0) is 0 Å². The molecule has 150 valence electrons. The number of hydrogen-bond donors (Lipinski definition) is 2. The summed E-state index contributed by atoms with van der Waals surface area (Å²) in [6.45, 7) is 0.820. The fourth-order valence-electron chi connectivity index (χ4n) is 3.63. The molecule has 6 heteroatoms. The first-order valence-corrected chi connectivity index (χ1v) is 9.36. The van der Waals surface area contributed by atoms with Gasteiger partial charge in [0.05, 0.1) is 6.61 Å². The first kappa shape index (κ1) is 21.8. The first-order chi connectivity index (χ1) is 12.8. The highest BCUT2D eigenvalue weighted by molar-refractivity contribution is 5.95. The van der Waals surface area contributed by atoms with Crippen LogP contribution in [0.3, 0.4) is 0 Å². The van der Waals surface area contributed by atoms with Gasteiger partial charge in [-0.15, -0.1) is 12.4 Å². The molecule has 2 aromatic carbocycles. The van der Waals surface area contributed by atoms with Gasteiger partial charge in [0.25, 0.3) is 0 Å². The van der Waals surface area contributed by atoms with Crippen LogP contribution in [0.15, 0.2) is 54.7 Å². The third-order valence-corrected chi connectivity index (χ3v) is 5.09. The van der Waals surface area contributed by atoms with Crippen LogP contribution in [0.1, 0.15) is 32.1 Å². The van der Waals surface area contributed by atoms with Gasteiger partial charge in [0.15, 0.2) is 0 Å². The van der Waals surface area contributed by atoms with E-state index in [1.807, 2.05) is 42.5 Å². The molecule has 0 bridgehead atoms. The lowest BCUT2D eigenvalue weighted by Gasteiger charge is -2.21. The van der Waals surface area contributed by atoms with Crippen LogP contribution in [0.2, 0.25) is 0 Å². The molecule has 0 spiro atoms. The van der Waals surface area contributed by atoms with E-state index in [-0.39, 0.29) is 23.6 Å². The number of para-hydroxylation sites is 1. The van der Waals surface area contributed by atoms with Gasteiger partial charge in [-0.3, -0.25) is 4.98 Å². The summed E-state index contributed by atoms with van der Waals surface area (Å²) < 4.78 is 5.97. The quantitative estimate of drug-likeness (QED) is 0.611. The van der Waals surface area contributed by atoms with E-state index in [9.17, 15) is 5.11 Å². The number of anilines is 2. The summed E-state index contributed by atoms with van der Waals surface area (Å²) in [5, 5.41) is 14.3. The summed E-state index contributed by atoms with van der Waals surface area (Å²) in [5.41, 5.74) is 2.50. The largest absolute Gasteiger partial charge is 0.506 e. The monoisotopic (exact) mass is 402 g/mol. The summed E-state index contributed by atoms with van der Waals surface area (Å²) in [6, 6.07) is 15.4. The Kier molecular flexibility index (Phi) is 7.91. The SMILES string of the molecule is Cl.O.Oc1cccc2c(Nc3ccc(OCC4CCCCC4)cc3)ccnc12.